The van der Waals surface area contributed by atoms with Crippen molar-refractivity contribution in [1.29, 1.82) is 0 Å². The van der Waals surface area contributed by atoms with Gasteiger partial charge in [-0.05, 0) is 12.8 Å². The van der Waals surface area contributed by atoms with Gasteiger partial charge in [-0.1, -0.05) is 6.92 Å². The Hall–Kier alpha value is -0.417. The van der Waals surface area contributed by atoms with Crippen molar-refractivity contribution >= 4 is 38.4 Å². The third-order valence-corrected chi connectivity index (χ3v) is 3.69. The molecule has 1 unspecified atom stereocenters. The van der Waals surface area contributed by atoms with E-state index in [-0.39, 0.29) is 26.6 Å². The van der Waals surface area contributed by atoms with Crippen molar-refractivity contribution in [3.8, 4) is 0 Å². The summed E-state index contributed by atoms with van der Waals surface area (Å²) in [6, 6.07) is 10.6. The summed E-state index contributed by atoms with van der Waals surface area (Å²) >= 11 is 4.95. The van der Waals surface area contributed by atoms with E-state index in [1.165, 1.54) is 11.3 Å². The minimum atomic E-state index is -0.137. The Kier molecular flexibility index (Phi) is 9.53. The summed E-state index contributed by atoms with van der Waals surface area (Å²) in [5, 5.41) is 10.2. The van der Waals surface area contributed by atoms with E-state index in [9.17, 15) is 5.11 Å². The molecule has 0 spiro atoms. The predicted molar refractivity (Wildman–Crippen MR) is 72.5 cm³/mol. The van der Waals surface area contributed by atoms with Crippen molar-refractivity contribution in [3.05, 3.63) is 30.3 Å². The summed E-state index contributed by atoms with van der Waals surface area (Å²) in [7, 11) is 0. The molecule has 0 N–H and O–H groups in total. The van der Waals surface area contributed by atoms with Crippen LogP contribution in [0.3, 0.4) is 0 Å². The van der Waals surface area contributed by atoms with Crippen LogP contribution in [0.15, 0.2) is 35.3 Å². The van der Waals surface area contributed by atoms with Gasteiger partial charge in [-0.3, -0.25) is 0 Å². The van der Waals surface area contributed by atoms with Gasteiger partial charge in [0.25, 0.3) is 0 Å². The fourth-order valence-corrected chi connectivity index (χ4v) is 2.04. The molecule has 1 rings (SSSR count). The molecule has 88 valence electrons. The van der Waals surface area contributed by atoms with E-state index in [4.69, 9.17) is 12.6 Å². The second-order valence-electron chi connectivity index (χ2n) is 3.29. The summed E-state index contributed by atoms with van der Waals surface area (Å²) in [6.45, 7) is 3.75. The van der Waals surface area contributed by atoms with E-state index in [0.29, 0.717) is 6.54 Å². The Bertz CT molecular complexity index is 297. The zero-order chi connectivity index (χ0) is 12.4. The van der Waals surface area contributed by atoms with E-state index >= 15 is 0 Å². The average Bonchev–Trinajstić information content (AvgIpc) is 2.28. The van der Waals surface area contributed by atoms with Gasteiger partial charge in [0.15, 0.2) is 0 Å². The van der Waals surface area contributed by atoms with E-state index in [1.54, 1.807) is 0 Å². The average molecular weight is 296 g/mol. The molecule has 0 heterocycles. The number of hydrogen-bond donors (Lipinski definition) is 0. The molecule has 1 atom stereocenters. The molecule has 4 heteroatoms. The molecular formula is C12H17GeNOS-2. The summed E-state index contributed by atoms with van der Waals surface area (Å²) < 4.78 is 1.53. The molecule has 0 aliphatic heterocycles. The van der Waals surface area contributed by atoms with Crippen LogP contribution in [0.4, 0.5) is 0 Å². The molecule has 0 fully saturated rings. The van der Waals surface area contributed by atoms with Crippen LogP contribution in [0, 0.1) is 0 Å². The molecule has 1 aromatic rings. The van der Waals surface area contributed by atoms with Crippen molar-refractivity contribution < 1.29 is 5.11 Å². The zero-order valence-corrected chi connectivity index (χ0v) is 12.8. The molecule has 0 bridgehead atoms. The van der Waals surface area contributed by atoms with Crippen LogP contribution in [-0.2, 0) is 12.6 Å². The summed E-state index contributed by atoms with van der Waals surface area (Å²) in [6.07, 6.45) is 0. The Morgan fingerprint density at radius 3 is 2.25 bits per heavy atom. The van der Waals surface area contributed by atoms with Crippen LogP contribution in [0.25, 0.3) is 0 Å². The summed E-state index contributed by atoms with van der Waals surface area (Å²) in [5.74, 6) is 2.15. The van der Waals surface area contributed by atoms with Gasteiger partial charge in [0, 0.05) is 6.54 Å². The normalized spacial score (nSPS) is 12.6. The summed E-state index contributed by atoms with van der Waals surface area (Å²) in [4.78, 5) is 3.58. The van der Waals surface area contributed by atoms with Crippen molar-refractivity contribution in [2.45, 2.75) is 24.9 Å². The Balaban J connectivity index is 0.000000281. The molecule has 0 saturated carbocycles. The van der Waals surface area contributed by atoms with E-state index in [0.717, 1.165) is 0 Å². The third-order valence-electron chi connectivity index (χ3n) is 1.63. The van der Waals surface area contributed by atoms with Gasteiger partial charge >= 0.3 is 55.9 Å². The van der Waals surface area contributed by atoms with E-state index < -0.39 is 0 Å². The predicted octanol–water partition coefficient (Wildman–Crippen LogP) is 0.765. The van der Waals surface area contributed by atoms with Crippen LogP contribution in [0.2, 0.25) is 5.76 Å². The summed E-state index contributed by atoms with van der Waals surface area (Å²) in [5.41, 5.74) is 0. The van der Waals surface area contributed by atoms with E-state index in [1.807, 2.05) is 6.92 Å². The molecule has 0 amide bonds. The van der Waals surface area contributed by atoms with Crippen molar-refractivity contribution in [1.82, 2.24) is 0 Å². The molecule has 0 aliphatic rings. The minimum absolute atomic E-state index is 0.0823. The van der Waals surface area contributed by atoms with Gasteiger partial charge in [-0.25, -0.2) is 0 Å². The third kappa shape index (κ3) is 10.1. The number of rotatable bonds is 3. The Morgan fingerprint density at radius 1 is 1.44 bits per heavy atom. The fraction of sp³-hybridized carbons (Fsp3) is 0.417. The van der Waals surface area contributed by atoms with Gasteiger partial charge < -0.3 is 22.7 Å². The van der Waals surface area contributed by atoms with Gasteiger partial charge in [0.05, 0.1) is 0 Å². The second kappa shape index (κ2) is 9.78. The molecule has 0 aliphatic carbocycles. The molecule has 0 aromatic heterocycles. The van der Waals surface area contributed by atoms with Crippen molar-refractivity contribution in [2.75, 3.05) is 6.54 Å². The van der Waals surface area contributed by atoms with Crippen LogP contribution >= 0.6 is 0 Å². The van der Waals surface area contributed by atoms with Crippen LogP contribution in [0.1, 0.15) is 13.8 Å². The molecule has 2 radical (unpaired) electrons. The number of aliphatic imine (C=N–C) groups is 1. The maximum atomic E-state index is 10.1. The number of benzene rings is 1. The second-order valence-corrected chi connectivity index (χ2v) is 6.35. The standard InChI is InChI=1S/C7H8Ge.C5H11NOS/c1-8-7-5-3-2-4-6-7;1-4(8)3-6-5(2)7/h2-6H,1H3;4,8H,3H2,1-2H3,(H,6,7)/p-2. The first-order valence-corrected chi connectivity index (χ1v) is 8.74. The van der Waals surface area contributed by atoms with Gasteiger partial charge in [-0.15, -0.1) is 5.25 Å². The molecular weight excluding hydrogens is 279 g/mol. The molecule has 2 nitrogen and oxygen atoms in total. The SMILES string of the molecule is CC([O-])=NCC(C)[S-].[CH3][Ge][c]1ccccc1. The molecule has 16 heavy (non-hydrogen) atoms. The first kappa shape index (κ1) is 15.6. The first-order valence-electron chi connectivity index (χ1n) is 5.13. The number of nitrogens with zero attached hydrogens (tertiary/aromatic N) is 1. The number of hydrogen-bond acceptors (Lipinski definition) is 3. The van der Waals surface area contributed by atoms with Gasteiger partial charge in [-0.2, -0.15) is 0 Å². The first-order chi connectivity index (χ1) is 7.56. The van der Waals surface area contributed by atoms with Gasteiger partial charge in [0.2, 0.25) is 0 Å². The van der Waals surface area contributed by atoms with Crippen LogP contribution in [-0.4, -0.2) is 33.1 Å². The topological polar surface area (TPSA) is 35.4 Å². The van der Waals surface area contributed by atoms with Crippen molar-refractivity contribution in [2.24, 2.45) is 4.99 Å². The van der Waals surface area contributed by atoms with E-state index in [2.05, 4.69) is 41.1 Å². The molecule has 0 saturated heterocycles. The van der Waals surface area contributed by atoms with Gasteiger partial charge in [0.1, 0.15) is 0 Å². The monoisotopic (exact) mass is 297 g/mol. The molecule has 1 aromatic carbocycles. The maximum absolute atomic E-state index is 10.1. The Labute approximate surface area is 110 Å². The quantitative estimate of drug-likeness (QED) is 0.357. The van der Waals surface area contributed by atoms with Crippen LogP contribution < -0.4 is 9.50 Å². The van der Waals surface area contributed by atoms with Crippen molar-refractivity contribution in [3.63, 3.8) is 0 Å². The Morgan fingerprint density at radius 2 is 2.00 bits per heavy atom. The van der Waals surface area contributed by atoms with Crippen LogP contribution in [0.5, 0.6) is 0 Å². The zero-order valence-electron chi connectivity index (χ0n) is 9.93. The fourth-order valence-electron chi connectivity index (χ4n) is 0.862.